The number of H-pyrrole nitrogens is 1. The Hall–Kier alpha value is -2.31. The molecule has 0 aliphatic heterocycles. The van der Waals surface area contributed by atoms with Crippen molar-refractivity contribution in [3.05, 3.63) is 47.5 Å². The van der Waals surface area contributed by atoms with E-state index in [0.717, 1.165) is 6.07 Å². The Balaban J connectivity index is 1.83. The Labute approximate surface area is 108 Å². The Morgan fingerprint density at radius 2 is 2.21 bits per heavy atom. The van der Waals surface area contributed by atoms with Gasteiger partial charge in [0, 0.05) is 13.0 Å². The van der Waals surface area contributed by atoms with Gasteiger partial charge in [0.15, 0.2) is 11.6 Å². The molecule has 2 aromatic rings. The maximum Gasteiger partial charge on any atom is 0.254 e. The minimum Gasteiger partial charge on any atom is -0.352 e. The highest BCUT2D eigenvalue weighted by atomic mass is 19.2. The fraction of sp³-hybridized carbons (Fsp3) is 0.250. The summed E-state index contributed by atoms with van der Waals surface area (Å²) < 4.78 is 26.3. The van der Waals surface area contributed by atoms with Gasteiger partial charge in [0.2, 0.25) is 0 Å². The number of aryl methyl sites for hydroxylation is 1. The van der Waals surface area contributed by atoms with Gasteiger partial charge in [-0.15, -0.1) is 0 Å². The van der Waals surface area contributed by atoms with E-state index >= 15 is 0 Å². The third kappa shape index (κ3) is 3.34. The van der Waals surface area contributed by atoms with Crippen molar-refractivity contribution in [3.8, 4) is 0 Å². The first kappa shape index (κ1) is 13.1. The van der Waals surface area contributed by atoms with Gasteiger partial charge < -0.3 is 5.32 Å². The molecule has 1 aromatic heterocycles. The van der Waals surface area contributed by atoms with E-state index in [0.29, 0.717) is 25.2 Å². The number of aromatic amines is 1. The molecule has 0 bridgehead atoms. The van der Waals surface area contributed by atoms with Crippen molar-refractivity contribution in [2.24, 2.45) is 0 Å². The molecule has 100 valence electrons. The SMILES string of the molecule is O=C(NCCCc1ncn[nH]1)c1cccc(F)c1F. The summed E-state index contributed by atoms with van der Waals surface area (Å²) in [6.45, 7) is 0.343. The van der Waals surface area contributed by atoms with Gasteiger partial charge in [-0.25, -0.2) is 13.8 Å². The molecule has 1 amide bonds. The fourth-order valence-electron chi connectivity index (χ4n) is 1.58. The second kappa shape index (κ2) is 6.03. The van der Waals surface area contributed by atoms with Crippen LogP contribution >= 0.6 is 0 Å². The highest BCUT2D eigenvalue weighted by molar-refractivity contribution is 5.94. The van der Waals surface area contributed by atoms with Crippen LogP contribution in [-0.2, 0) is 6.42 Å². The average molecular weight is 266 g/mol. The second-order valence-corrected chi connectivity index (χ2v) is 3.89. The number of rotatable bonds is 5. The summed E-state index contributed by atoms with van der Waals surface area (Å²) in [4.78, 5) is 15.6. The summed E-state index contributed by atoms with van der Waals surface area (Å²) in [7, 11) is 0. The number of benzene rings is 1. The maximum atomic E-state index is 13.3. The normalized spacial score (nSPS) is 10.4. The van der Waals surface area contributed by atoms with Crippen molar-refractivity contribution in [2.75, 3.05) is 6.54 Å². The van der Waals surface area contributed by atoms with E-state index in [4.69, 9.17) is 0 Å². The number of nitrogens with zero attached hydrogens (tertiary/aromatic N) is 2. The van der Waals surface area contributed by atoms with Gasteiger partial charge in [-0.3, -0.25) is 9.89 Å². The summed E-state index contributed by atoms with van der Waals surface area (Å²) in [5.74, 6) is -2.08. The zero-order valence-electron chi connectivity index (χ0n) is 9.99. The molecule has 0 atom stereocenters. The van der Waals surface area contributed by atoms with Crippen LogP contribution in [0.15, 0.2) is 24.5 Å². The molecule has 0 saturated carbocycles. The smallest absolute Gasteiger partial charge is 0.254 e. The summed E-state index contributed by atoms with van der Waals surface area (Å²) in [5, 5.41) is 8.90. The minimum absolute atomic E-state index is 0.292. The van der Waals surface area contributed by atoms with Gasteiger partial charge in [-0.1, -0.05) is 6.07 Å². The molecule has 1 aromatic carbocycles. The Morgan fingerprint density at radius 3 is 2.95 bits per heavy atom. The summed E-state index contributed by atoms with van der Waals surface area (Å²) in [5.41, 5.74) is -0.292. The highest BCUT2D eigenvalue weighted by Crippen LogP contribution is 2.10. The number of carbonyl (C=O) groups excluding carboxylic acids is 1. The first-order valence-electron chi connectivity index (χ1n) is 5.75. The van der Waals surface area contributed by atoms with Gasteiger partial charge in [0.1, 0.15) is 12.2 Å². The molecule has 0 spiro atoms. The second-order valence-electron chi connectivity index (χ2n) is 3.89. The van der Waals surface area contributed by atoms with Crippen LogP contribution in [0.5, 0.6) is 0 Å². The topological polar surface area (TPSA) is 70.7 Å². The van der Waals surface area contributed by atoms with Crippen molar-refractivity contribution < 1.29 is 13.6 Å². The summed E-state index contributed by atoms with van der Waals surface area (Å²) in [6, 6.07) is 3.50. The lowest BCUT2D eigenvalue weighted by Gasteiger charge is -2.05. The van der Waals surface area contributed by atoms with Crippen LogP contribution in [0.25, 0.3) is 0 Å². The number of hydrogen-bond donors (Lipinski definition) is 2. The third-order valence-electron chi connectivity index (χ3n) is 2.54. The molecule has 0 unspecified atom stereocenters. The van der Waals surface area contributed by atoms with Crippen LogP contribution in [0, 0.1) is 11.6 Å². The van der Waals surface area contributed by atoms with Crippen molar-refractivity contribution >= 4 is 5.91 Å². The number of halogens is 2. The lowest BCUT2D eigenvalue weighted by molar-refractivity contribution is 0.0948. The van der Waals surface area contributed by atoms with E-state index in [2.05, 4.69) is 20.5 Å². The largest absolute Gasteiger partial charge is 0.352 e. The molecule has 0 fully saturated rings. The zero-order chi connectivity index (χ0) is 13.7. The molecular formula is C12H12F2N4O. The van der Waals surface area contributed by atoms with Gasteiger partial charge in [0.05, 0.1) is 5.56 Å². The van der Waals surface area contributed by atoms with E-state index in [1.807, 2.05) is 0 Å². The Kier molecular flexibility index (Phi) is 4.17. The lowest BCUT2D eigenvalue weighted by Crippen LogP contribution is -2.26. The van der Waals surface area contributed by atoms with E-state index in [9.17, 15) is 13.6 Å². The van der Waals surface area contributed by atoms with Crippen molar-refractivity contribution in [2.45, 2.75) is 12.8 Å². The molecule has 0 aliphatic carbocycles. The number of aromatic nitrogens is 3. The molecule has 7 heteroatoms. The van der Waals surface area contributed by atoms with Gasteiger partial charge in [0.25, 0.3) is 5.91 Å². The fourth-order valence-corrected chi connectivity index (χ4v) is 1.58. The average Bonchev–Trinajstić information content (AvgIpc) is 2.91. The van der Waals surface area contributed by atoms with Crippen LogP contribution < -0.4 is 5.32 Å². The van der Waals surface area contributed by atoms with Crippen molar-refractivity contribution in [1.82, 2.24) is 20.5 Å². The lowest BCUT2D eigenvalue weighted by atomic mass is 10.2. The molecule has 1 heterocycles. The van der Waals surface area contributed by atoms with Crippen LogP contribution in [0.4, 0.5) is 8.78 Å². The van der Waals surface area contributed by atoms with Gasteiger partial charge in [-0.05, 0) is 18.6 Å². The van der Waals surface area contributed by atoms with E-state index < -0.39 is 17.5 Å². The number of carbonyl (C=O) groups is 1. The third-order valence-corrected chi connectivity index (χ3v) is 2.54. The van der Waals surface area contributed by atoms with Crippen molar-refractivity contribution in [3.63, 3.8) is 0 Å². The predicted molar refractivity (Wildman–Crippen MR) is 63.4 cm³/mol. The first-order chi connectivity index (χ1) is 9.18. The van der Waals surface area contributed by atoms with Crippen LogP contribution in [0.3, 0.4) is 0 Å². The maximum absolute atomic E-state index is 13.3. The molecule has 0 saturated heterocycles. The molecule has 0 aliphatic rings. The molecule has 19 heavy (non-hydrogen) atoms. The van der Waals surface area contributed by atoms with Crippen LogP contribution in [0.2, 0.25) is 0 Å². The standard InChI is InChI=1S/C12H12F2N4O/c13-9-4-1-3-8(11(9)14)12(19)15-6-2-5-10-16-7-17-18-10/h1,3-4,7H,2,5-6H2,(H,15,19)(H,16,17,18). The Bertz CT molecular complexity index is 557. The van der Waals surface area contributed by atoms with E-state index in [1.165, 1.54) is 18.5 Å². The predicted octanol–water partition coefficient (Wildman–Crippen LogP) is 1.45. The molecule has 2 N–H and O–H groups in total. The zero-order valence-corrected chi connectivity index (χ0v) is 9.99. The van der Waals surface area contributed by atoms with Crippen LogP contribution in [-0.4, -0.2) is 27.6 Å². The minimum atomic E-state index is -1.13. The summed E-state index contributed by atoms with van der Waals surface area (Å²) >= 11 is 0. The monoisotopic (exact) mass is 266 g/mol. The summed E-state index contributed by atoms with van der Waals surface area (Å²) in [6.07, 6.45) is 2.64. The van der Waals surface area contributed by atoms with E-state index in [-0.39, 0.29) is 5.56 Å². The van der Waals surface area contributed by atoms with Crippen molar-refractivity contribution in [1.29, 1.82) is 0 Å². The highest BCUT2D eigenvalue weighted by Gasteiger charge is 2.14. The number of nitrogens with one attached hydrogen (secondary N) is 2. The molecule has 0 radical (unpaired) electrons. The van der Waals surface area contributed by atoms with Gasteiger partial charge >= 0.3 is 0 Å². The van der Waals surface area contributed by atoms with Gasteiger partial charge in [-0.2, -0.15) is 5.10 Å². The first-order valence-corrected chi connectivity index (χ1v) is 5.75. The molecule has 5 nitrogen and oxygen atoms in total. The quantitative estimate of drug-likeness (QED) is 0.804. The number of hydrogen-bond acceptors (Lipinski definition) is 3. The Morgan fingerprint density at radius 1 is 1.37 bits per heavy atom. The molecular weight excluding hydrogens is 254 g/mol. The number of amides is 1. The van der Waals surface area contributed by atoms with Crippen LogP contribution in [0.1, 0.15) is 22.6 Å². The molecule has 2 rings (SSSR count). The van der Waals surface area contributed by atoms with E-state index in [1.54, 1.807) is 0 Å².